The van der Waals surface area contributed by atoms with Crippen molar-refractivity contribution in [2.75, 3.05) is 0 Å². The summed E-state index contributed by atoms with van der Waals surface area (Å²) in [6, 6.07) is 10.7. The van der Waals surface area contributed by atoms with Gasteiger partial charge in [0.25, 0.3) is 0 Å². The van der Waals surface area contributed by atoms with Crippen molar-refractivity contribution in [2.24, 2.45) is 4.99 Å². The molecule has 3 rings (SSSR count). The molecule has 4 nitrogen and oxygen atoms in total. The number of cyclic esters (lactones) is 1. The third kappa shape index (κ3) is 2.46. The van der Waals surface area contributed by atoms with E-state index in [9.17, 15) is 4.79 Å². The number of hydrogen-bond acceptors (Lipinski definition) is 4. The Morgan fingerprint density at radius 2 is 2.00 bits per heavy atom. The molecule has 0 aliphatic carbocycles. The van der Waals surface area contributed by atoms with Crippen molar-refractivity contribution < 1.29 is 9.53 Å². The summed E-state index contributed by atoms with van der Waals surface area (Å²) in [4.78, 5) is 20.0. The highest BCUT2D eigenvalue weighted by Crippen LogP contribution is 2.23. The molecular formula is C15H9ClN2O2. The highest BCUT2D eigenvalue weighted by molar-refractivity contribution is 6.34. The zero-order chi connectivity index (χ0) is 13.9. The molecule has 0 N–H and O–H groups in total. The van der Waals surface area contributed by atoms with Crippen molar-refractivity contribution in [3.8, 4) is 0 Å². The quantitative estimate of drug-likeness (QED) is 0.629. The van der Waals surface area contributed by atoms with E-state index in [1.165, 1.54) is 0 Å². The van der Waals surface area contributed by atoms with Gasteiger partial charge in [-0.05, 0) is 29.8 Å². The number of carbonyl (C=O) groups is 1. The highest BCUT2D eigenvalue weighted by Gasteiger charge is 2.25. The fraction of sp³-hybridized carbons (Fsp3) is 0. The van der Waals surface area contributed by atoms with Crippen molar-refractivity contribution in [1.29, 1.82) is 0 Å². The Kier molecular flexibility index (Phi) is 3.31. The minimum absolute atomic E-state index is 0.218. The molecule has 0 saturated carbocycles. The van der Waals surface area contributed by atoms with Crippen molar-refractivity contribution in [3.63, 3.8) is 0 Å². The van der Waals surface area contributed by atoms with E-state index in [0.29, 0.717) is 10.6 Å². The highest BCUT2D eigenvalue weighted by atomic mass is 35.5. The summed E-state index contributed by atoms with van der Waals surface area (Å²) in [6.07, 6.45) is 4.93. The van der Waals surface area contributed by atoms with Gasteiger partial charge in [0.1, 0.15) is 0 Å². The van der Waals surface area contributed by atoms with E-state index in [1.807, 2.05) is 6.07 Å². The maximum atomic E-state index is 11.8. The number of esters is 1. The van der Waals surface area contributed by atoms with E-state index >= 15 is 0 Å². The summed E-state index contributed by atoms with van der Waals surface area (Å²) >= 11 is 6.06. The van der Waals surface area contributed by atoms with Crippen LogP contribution in [0.15, 0.2) is 59.5 Å². The van der Waals surface area contributed by atoms with Gasteiger partial charge in [-0.15, -0.1) is 0 Å². The molecule has 0 fully saturated rings. The lowest BCUT2D eigenvalue weighted by Crippen LogP contribution is -2.05. The molecule has 2 heterocycles. The minimum Gasteiger partial charge on any atom is -0.402 e. The lowest BCUT2D eigenvalue weighted by atomic mass is 10.2. The van der Waals surface area contributed by atoms with E-state index in [1.54, 1.807) is 48.8 Å². The van der Waals surface area contributed by atoms with Crippen LogP contribution in [0.5, 0.6) is 0 Å². The van der Waals surface area contributed by atoms with Gasteiger partial charge in [-0.2, -0.15) is 0 Å². The van der Waals surface area contributed by atoms with Gasteiger partial charge in [0.2, 0.25) is 5.90 Å². The second-order valence-electron chi connectivity index (χ2n) is 4.10. The largest absolute Gasteiger partial charge is 0.402 e. The van der Waals surface area contributed by atoms with Crippen molar-refractivity contribution in [2.45, 2.75) is 0 Å². The van der Waals surface area contributed by atoms with Gasteiger partial charge >= 0.3 is 5.97 Å². The molecule has 0 radical (unpaired) electrons. The first-order valence-corrected chi connectivity index (χ1v) is 6.29. The topological polar surface area (TPSA) is 51.5 Å². The Bertz CT molecular complexity index is 724. The van der Waals surface area contributed by atoms with Crippen LogP contribution < -0.4 is 0 Å². The number of rotatable bonds is 2. The Labute approximate surface area is 120 Å². The Morgan fingerprint density at radius 3 is 2.75 bits per heavy atom. The third-order valence-electron chi connectivity index (χ3n) is 2.71. The summed E-state index contributed by atoms with van der Waals surface area (Å²) in [5.41, 5.74) is 1.61. The van der Waals surface area contributed by atoms with Crippen molar-refractivity contribution in [3.05, 3.63) is 70.6 Å². The number of ether oxygens (including phenoxy) is 1. The molecule has 0 spiro atoms. The smallest absolute Gasteiger partial charge is 0.363 e. The van der Waals surface area contributed by atoms with Gasteiger partial charge in [0.15, 0.2) is 5.70 Å². The molecule has 98 valence electrons. The Balaban J connectivity index is 1.98. The molecule has 1 aromatic carbocycles. The van der Waals surface area contributed by atoms with Gasteiger partial charge in [0.05, 0.1) is 10.6 Å². The second kappa shape index (κ2) is 5.27. The van der Waals surface area contributed by atoms with Gasteiger partial charge in [-0.1, -0.05) is 29.8 Å². The maximum absolute atomic E-state index is 11.8. The molecule has 0 saturated heterocycles. The van der Waals surface area contributed by atoms with Gasteiger partial charge in [-0.25, -0.2) is 9.79 Å². The predicted octanol–water partition coefficient (Wildman–Crippen LogP) is 3.08. The van der Waals surface area contributed by atoms with Crippen molar-refractivity contribution in [1.82, 2.24) is 4.98 Å². The lowest BCUT2D eigenvalue weighted by molar-refractivity contribution is -0.129. The first-order valence-electron chi connectivity index (χ1n) is 5.91. The van der Waals surface area contributed by atoms with Crippen LogP contribution in [0.2, 0.25) is 5.02 Å². The van der Waals surface area contributed by atoms with E-state index in [4.69, 9.17) is 16.3 Å². The predicted molar refractivity (Wildman–Crippen MR) is 76.3 cm³/mol. The summed E-state index contributed by atoms with van der Waals surface area (Å²) in [6.45, 7) is 0. The van der Waals surface area contributed by atoms with Crippen LogP contribution >= 0.6 is 11.6 Å². The number of halogens is 1. The molecule has 0 amide bonds. The lowest BCUT2D eigenvalue weighted by Gasteiger charge is -2.00. The normalized spacial score (nSPS) is 16.1. The Morgan fingerprint density at radius 1 is 1.15 bits per heavy atom. The van der Waals surface area contributed by atoms with Crippen molar-refractivity contribution >= 4 is 29.5 Å². The molecular weight excluding hydrogens is 276 g/mol. The third-order valence-corrected chi connectivity index (χ3v) is 3.04. The summed E-state index contributed by atoms with van der Waals surface area (Å²) in [5.74, 6) is -0.278. The SMILES string of the molecule is O=C1OC(c2ccccc2Cl)=NC1=Cc1cccnc1. The molecule has 0 atom stereocenters. The first kappa shape index (κ1) is 12.6. The van der Waals surface area contributed by atoms with Crippen LogP contribution in [0.4, 0.5) is 0 Å². The maximum Gasteiger partial charge on any atom is 0.363 e. The van der Waals surface area contributed by atoms with E-state index in [2.05, 4.69) is 9.98 Å². The number of carbonyl (C=O) groups excluding carboxylic acids is 1. The fourth-order valence-corrected chi connectivity index (χ4v) is 1.99. The number of aliphatic imine (C=N–C) groups is 1. The van der Waals surface area contributed by atoms with E-state index < -0.39 is 5.97 Å². The number of aromatic nitrogens is 1. The Hall–Kier alpha value is -2.46. The average molecular weight is 285 g/mol. The van der Waals surface area contributed by atoms with Crippen LogP contribution in [0.1, 0.15) is 11.1 Å². The van der Waals surface area contributed by atoms with Gasteiger partial charge in [-0.3, -0.25) is 4.98 Å². The molecule has 20 heavy (non-hydrogen) atoms. The molecule has 2 aromatic rings. The molecule has 5 heteroatoms. The van der Waals surface area contributed by atoms with Gasteiger partial charge in [0, 0.05) is 12.4 Å². The monoisotopic (exact) mass is 284 g/mol. The first-order chi connectivity index (χ1) is 9.74. The number of hydrogen-bond donors (Lipinski definition) is 0. The van der Waals surface area contributed by atoms with E-state index in [0.717, 1.165) is 5.56 Å². The number of benzene rings is 1. The minimum atomic E-state index is -0.497. The molecule has 1 aromatic heterocycles. The second-order valence-corrected chi connectivity index (χ2v) is 4.51. The fourth-order valence-electron chi connectivity index (χ4n) is 1.78. The molecule has 1 aliphatic rings. The van der Waals surface area contributed by atoms with E-state index in [-0.39, 0.29) is 11.6 Å². The van der Waals surface area contributed by atoms with Crippen LogP contribution in [-0.2, 0) is 9.53 Å². The zero-order valence-corrected chi connectivity index (χ0v) is 11.0. The molecule has 0 bridgehead atoms. The summed E-state index contributed by atoms with van der Waals surface area (Å²) < 4.78 is 5.15. The molecule has 0 unspecified atom stereocenters. The zero-order valence-electron chi connectivity index (χ0n) is 10.3. The average Bonchev–Trinajstić information content (AvgIpc) is 2.81. The summed E-state index contributed by atoms with van der Waals surface area (Å²) in [5, 5.41) is 0.488. The van der Waals surface area contributed by atoms with Gasteiger partial charge < -0.3 is 4.74 Å². The van der Waals surface area contributed by atoms with Crippen LogP contribution in [0.3, 0.4) is 0 Å². The number of pyridine rings is 1. The standard InChI is InChI=1S/C15H9ClN2O2/c16-12-6-2-1-5-11(12)14-18-13(15(19)20-14)8-10-4-3-7-17-9-10/h1-9H. The number of nitrogens with zero attached hydrogens (tertiary/aromatic N) is 2. The summed E-state index contributed by atoms with van der Waals surface area (Å²) in [7, 11) is 0. The van der Waals surface area contributed by atoms with Crippen LogP contribution in [0, 0.1) is 0 Å². The molecule has 1 aliphatic heterocycles. The van der Waals surface area contributed by atoms with Crippen LogP contribution in [-0.4, -0.2) is 16.9 Å². The van der Waals surface area contributed by atoms with Crippen LogP contribution in [0.25, 0.3) is 6.08 Å².